The van der Waals surface area contributed by atoms with Crippen LogP contribution in [-0.4, -0.2) is 22.6 Å². The van der Waals surface area contributed by atoms with E-state index >= 15 is 0 Å². The number of fused-ring (bicyclic) bond motifs is 1. The van der Waals surface area contributed by atoms with E-state index in [1.165, 1.54) is 12.1 Å². The zero-order chi connectivity index (χ0) is 19.3. The summed E-state index contributed by atoms with van der Waals surface area (Å²) in [6, 6.07) is 6.38. The Morgan fingerprint density at radius 2 is 1.89 bits per heavy atom. The molecule has 0 radical (unpaired) electrons. The summed E-state index contributed by atoms with van der Waals surface area (Å²) < 4.78 is 19.1. The number of nitrogens with zero attached hydrogens (tertiary/aromatic N) is 1. The smallest absolute Gasteiger partial charge is 0.290 e. The van der Waals surface area contributed by atoms with E-state index in [1.54, 1.807) is 24.0 Å². The maximum absolute atomic E-state index is 13.3. The largest absolute Gasteiger partial charge is 0.455 e. The monoisotopic (exact) mass is 369 g/mol. The molecule has 2 aliphatic carbocycles. The second kappa shape index (κ2) is 6.32. The van der Waals surface area contributed by atoms with Crippen molar-refractivity contribution in [2.75, 3.05) is 0 Å². The van der Waals surface area contributed by atoms with Gasteiger partial charge in [-0.3, -0.25) is 9.59 Å². The molecule has 0 N–H and O–H groups in total. The third kappa shape index (κ3) is 3.43. The third-order valence-electron chi connectivity index (χ3n) is 5.49. The third-order valence-corrected chi connectivity index (χ3v) is 5.49. The van der Waals surface area contributed by atoms with Gasteiger partial charge in [0.05, 0.1) is 5.56 Å². The van der Waals surface area contributed by atoms with Gasteiger partial charge in [0, 0.05) is 31.0 Å². The number of furan rings is 1. The van der Waals surface area contributed by atoms with Crippen LogP contribution in [0.25, 0.3) is 0 Å². The molecule has 1 amide bonds. The fraction of sp³-hybridized carbons (Fsp3) is 0.455. The summed E-state index contributed by atoms with van der Waals surface area (Å²) in [5.41, 5.74) is 1.97. The molecule has 2 aromatic rings. The number of halogens is 1. The van der Waals surface area contributed by atoms with Crippen molar-refractivity contribution < 1.29 is 18.4 Å². The molecule has 0 bridgehead atoms. The van der Waals surface area contributed by atoms with Crippen molar-refractivity contribution in [1.82, 2.24) is 4.90 Å². The quantitative estimate of drug-likeness (QED) is 0.786. The van der Waals surface area contributed by atoms with Crippen LogP contribution in [0.15, 0.2) is 28.7 Å². The number of hydrogen-bond donors (Lipinski definition) is 0. The number of Topliss-reactive ketones (excluding diaryl/α,β-unsaturated/α-hetero) is 1. The molecule has 0 atom stereocenters. The van der Waals surface area contributed by atoms with Gasteiger partial charge in [0.2, 0.25) is 0 Å². The molecule has 142 valence electrons. The molecule has 27 heavy (non-hydrogen) atoms. The minimum atomic E-state index is -0.293. The van der Waals surface area contributed by atoms with Crippen LogP contribution in [0.1, 0.15) is 70.9 Å². The lowest BCUT2D eigenvalue weighted by Gasteiger charge is -2.27. The Bertz CT molecular complexity index is 906. The van der Waals surface area contributed by atoms with E-state index < -0.39 is 0 Å². The fourth-order valence-corrected chi connectivity index (χ4v) is 3.96. The Morgan fingerprint density at radius 1 is 1.22 bits per heavy atom. The lowest BCUT2D eigenvalue weighted by atomic mass is 9.76. The number of carbonyl (C=O) groups is 2. The average Bonchev–Trinajstić information content (AvgIpc) is 3.36. The molecule has 0 saturated heterocycles. The van der Waals surface area contributed by atoms with Crippen LogP contribution >= 0.6 is 0 Å². The molecule has 1 aromatic carbocycles. The second-order valence-electron chi connectivity index (χ2n) is 8.59. The van der Waals surface area contributed by atoms with Crippen molar-refractivity contribution in [2.45, 2.75) is 59.0 Å². The molecule has 1 fully saturated rings. The van der Waals surface area contributed by atoms with Crippen LogP contribution in [0, 0.1) is 18.2 Å². The summed E-state index contributed by atoms with van der Waals surface area (Å²) >= 11 is 0. The summed E-state index contributed by atoms with van der Waals surface area (Å²) in [5, 5.41) is 0. The zero-order valence-corrected chi connectivity index (χ0v) is 16.0. The lowest BCUT2D eigenvalue weighted by molar-refractivity contribution is 0.0691. The molecule has 1 aromatic heterocycles. The Morgan fingerprint density at radius 3 is 2.52 bits per heavy atom. The molecule has 2 aliphatic rings. The highest BCUT2D eigenvalue weighted by molar-refractivity contribution is 6.03. The van der Waals surface area contributed by atoms with E-state index in [0.29, 0.717) is 36.3 Å². The van der Waals surface area contributed by atoms with Gasteiger partial charge in [-0.05, 0) is 42.9 Å². The van der Waals surface area contributed by atoms with Gasteiger partial charge in [-0.25, -0.2) is 4.39 Å². The first-order valence-electron chi connectivity index (χ1n) is 9.46. The van der Waals surface area contributed by atoms with Crippen LogP contribution in [0.4, 0.5) is 4.39 Å². The van der Waals surface area contributed by atoms with Crippen molar-refractivity contribution in [2.24, 2.45) is 5.41 Å². The van der Waals surface area contributed by atoms with E-state index in [-0.39, 0.29) is 34.7 Å². The van der Waals surface area contributed by atoms with Gasteiger partial charge >= 0.3 is 0 Å². The van der Waals surface area contributed by atoms with Crippen molar-refractivity contribution in [3.8, 4) is 0 Å². The Hall–Kier alpha value is -2.43. The minimum Gasteiger partial charge on any atom is -0.455 e. The van der Waals surface area contributed by atoms with Crippen LogP contribution < -0.4 is 0 Å². The molecule has 0 unspecified atom stereocenters. The maximum Gasteiger partial charge on any atom is 0.290 e. The number of ketones is 1. The van der Waals surface area contributed by atoms with Crippen molar-refractivity contribution in [3.05, 3.63) is 58.3 Å². The number of rotatable bonds is 4. The maximum atomic E-state index is 13.3. The highest BCUT2D eigenvalue weighted by atomic mass is 19.1. The first kappa shape index (κ1) is 18.0. The van der Waals surface area contributed by atoms with E-state index in [2.05, 4.69) is 0 Å². The Kier molecular flexibility index (Phi) is 4.21. The topological polar surface area (TPSA) is 50.5 Å². The summed E-state index contributed by atoms with van der Waals surface area (Å²) in [6.45, 7) is 6.29. The van der Waals surface area contributed by atoms with Gasteiger partial charge in [-0.1, -0.05) is 26.0 Å². The van der Waals surface area contributed by atoms with E-state index in [4.69, 9.17) is 4.42 Å². The van der Waals surface area contributed by atoms with Gasteiger partial charge in [0.1, 0.15) is 11.6 Å². The first-order valence-corrected chi connectivity index (χ1v) is 9.46. The van der Waals surface area contributed by atoms with Gasteiger partial charge in [-0.2, -0.15) is 0 Å². The van der Waals surface area contributed by atoms with E-state index in [9.17, 15) is 14.0 Å². The molecular weight excluding hydrogens is 345 g/mol. The summed E-state index contributed by atoms with van der Waals surface area (Å²) in [7, 11) is 0. The summed E-state index contributed by atoms with van der Waals surface area (Å²) in [5.74, 6) is 0.491. The molecule has 4 rings (SSSR count). The minimum absolute atomic E-state index is 0.0538. The molecule has 0 aliphatic heterocycles. The van der Waals surface area contributed by atoms with Crippen LogP contribution in [0.3, 0.4) is 0 Å². The SMILES string of the molecule is Cc1c(C(=O)N(Cc2ccc(F)cc2)C2CC2)oc2c1C(=O)CC(C)(C)C2. The Balaban J connectivity index is 1.65. The van der Waals surface area contributed by atoms with Crippen molar-refractivity contribution in [3.63, 3.8) is 0 Å². The average molecular weight is 369 g/mol. The van der Waals surface area contributed by atoms with Crippen molar-refractivity contribution >= 4 is 11.7 Å². The van der Waals surface area contributed by atoms with Gasteiger partial charge < -0.3 is 9.32 Å². The highest BCUT2D eigenvalue weighted by Gasteiger charge is 2.40. The predicted octanol–water partition coefficient (Wildman–Crippen LogP) is 4.69. The van der Waals surface area contributed by atoms with E-state index in [1.807, 2.05) is 13.8 Å². The summed E-state index contributed by atoms with van der Waals surface area (Å²) in [4.78, 5) is 27.6. The number of carbonyl (C=O) groups excluding carboxylic acids is 2. The number of amides is 1. The van der Waals surface area contributed by atoms with Crippen LogP contribution in [0.5, 0.6) is 0 Å². The standard InChI is InChI=1S/C22H24FNO3/c1-13-19-17(25)10-22(2,3)11-18(19)27-20(13)21(26)24(16-8-9-16)12-14-4-6-15(23)7-5-14/h4-7,16H,8-12H2,1-3H3. The molecule has 4 nitrogen and oxygen atoms in total. The molecular formula is C22H24FNO3. The predicted molar refractivity (Wildman–Crippen MR) is 99.2 cm³/mol. The molecule has 1 heterocycles. The second-order valence-corrected chi connectivity index (χ2v) is 8.59. The van der Waals surface area contributed by atoms with Crippen LogP contribution in [0.2, 0.25) is 0 Å². The van der Waals surface area contributed by atoms with Crippen LogP contribution in [-0.2, 0) is 13.0 Å². The number of hydrogen-bond acceptors (Lipinski definition) is 3. The first-order chi connectivity index (χ1) is 12.7. The molecule has 0 spiro atoms. The Labute approximate surface area is 158 Å². The molecule has 1 saturated carbocycles. The van der Waals surface area contributed by atoms with E-state index in [0.717, 1.165) is 18.4 Å². The zero-order valence-electron chi connectivity index (χ0n) is 16.0. The van der Waals surface area contributed by atoms with Gasteiger partial charge in [0.25, 0.3) is 5.91 Å². The molecule has 5 heteroatoms. The van der Waals surface area contributed by atoms with Crippen molar-refractivity contribution in [1.29, 1.82) is 0 Å². The lowest BCUT2D eigenvalue weighted by Crippen LogP contribution is -2.32. The van der Waals surface area contributed by atoms with Gasteiger partial charge in [-0.15, -0.1) is 0 Å². The summed E-state index contributed by atoms with van der Waals surface area (Å²) in [6.07, 6.45) is 3.04. The fourth-order valence-electron chi connectivity index (χ4n) is 3.96. The normalized spacial score (nSPS) is 18.3. The number of benzene rings is 1. The van der Waals surface area contributed by atoms with Gasteiger partial charge in [0.15, 0.2) is 11.5 Å². The highest BCUT2D eigenvalue weighted by Crippen LogP contribution is 2.39.